The van der Waals surface area contributed by atoms with Crippen LogP contribution in [-0.4, -0.2) is 10.7 Å². The average molecular weight is 480 g/mol. The van der Waals surface area contributed by atoms with Crippen molar-refractivity contribution >= 4 is 4.57 Å². The summed E-state index contributed by atoms with van der Waals surface area (Å²) in [6, 6.07) is 20.7. The van der Waals surface area contributed by atoms with Crippen LogP contribution in [0.4, 0.5) is 0 Å². The van der Waals surface area contributed by atoms with Crippen LogP contribution in [0.1, 0.15) is 42.7 Å². The molecule has 0 bridgehead atoms. The molecule has 0 aliphatic heterocycles. The van der Waals surface area contributed by atoms with Crippen molar-refractivity contribution in [3.8, 4) is 11.8 Å². The van der Waals surface area contributed by atoms with Gasteiger partial charge in [0.05, 0.1) is 0 Å². The molecule has 2 aromatic carbocycles. The third-order valence-electron chi connectivity index (χ3n) is 4.27. The minimum atomic E-state index is 0.215. The second kappa shape index (κ2) is 27.1. The molecular formula is C26H20CrO6. The first-order chi connectivity index (χ1) is 16.3. The van der Waals surface area contributed by atoms with Crippen molar-refractivity contribution in [3.63, 3.8) is 0 Å². The fourth-order valence-corrected chi connectivity index (χ4v) is 3.40. The number of ether oxygens (including phenoxy) is 1. The van der Waals surface area contributed by atoms with Gasteiger partial charge in [0.25, 0.3) is 0 Å². The zero-order valence-electron chi connectivity index (χ0n) is 17.6. The van der Waals surface area contributed by atoms with Gasteiger partial charge in [0.2, 0.25) is 0 Å². The van der Waals surface area contributed by atoms with Crippen LogP contribution in [-0.2, 0) is 43.8 Å². The summed E-state index contributed by atoms with van der Waals surface area (Å²) in [6.45, 7) is 22.5. The van der Waals surface area contributed by atoms with Crippen molar-refractivity contribution in [2.45, 2.75) is 37.7 Å². The number of hydrogen-bond acceptors (Lipinski definition) is 1. The van der Waals surface area contributed by atoms with Crippen LogP contribution < -0.4 is 0 Å². The van der Waals surface area contributed by atoms with Crippen molar-refractivity contribution in [2.75, 3.05) is 0 Å². The topological polar surface area (TPSA) is 109 Å². The molecule has 0 unspecified atom stereocenters. The summed E-state index contributed by atoms with van der Waals surface area (Å²) in [6.07, 6.45) is 5.00. The Labute approximate surface area is 202 Å². The maximum atomic E-state index is 7.50. The molecule has 33 heavy (non-hydrogen) atoms. The first-order valence-corrected chi connectivity index (χ1v) is 9.81. The maximum absolute atomic E-state index is 7.50. The predicted octanol–water partition coefficient (Wildman–Crippen LogP) is 4.27. The molecule has 1 saturated carbocycles. The normalized spacial score (nSPS) is 14.5. The van der Waals surface area contributed by atoms with Crippen LogP contribution in [0, 0.1) is 45.1 Å². The monoisotopic (exact) mass is 480 g/mol. The second-order valence-electron chi connectivity index (χ2n) is 5.86. The van der Waals surface area contributed by atoms with Gasteiger partial charge in [0.1, 0.15) is 0 Å². The Bertz CT molecular complexity index is 883. The molecule has 0 spiro atoms. The number of rotatable bonds is 3. The molecule has 0 radical (unpaired) electrons. The van der Waals surface area contributed by atoms with Gasteiger partial charge in [0, 0.05) is 0 Å². The SMILES string of the molecule is [C-]#[O+].[C-]#[O+].[C-]#[O+].[C-]#[O+].[C-]#[O+].[Cr]=[C](C#Cc1ccccc1)O[C@@H]1CCCC[C@H]1c1ccccc1. The summed E-state index contributed by atoms with van der Waals surface area (Å²) in [7, 11) is 0. The number of benzene rings is 2. The Balaban J connectivity index is -0.000000798. The molecule has 1 aliphatic carbocycles. The Morgan fingerprint density at radius 3 is 1.70 bits per heavy atom. The third kappa shape index (κ3) is 15.5. The average Bonchev–Trinajstić information content (AvgIpc) is 2.94. The molecule has 0 heterocycles. The van der Waals surface area contributed by atoms with Crippen LogP contribution in [0.2, 0.25) is 0 Å². The van der Waals surface area contributed by atoms with E-state index < -0.39 is 0 Å². The van der Waals surface area contributed by atoms with Crippen molar-refractivity contribution in [1.29, 1.82) is 0 Å². The molecule has 7 heteroatoms. The van der Waals surface area contributed by atoms with Crippen molar-refractivity contribution < 1.29 is 43.8 Å². The second-order valence-corrected chi connectivity index (χ2v) is 6.44. The zero-order chi connectivity index (χ0) is 25.9. The third-order valence-corrected chi connectivity index (χ3v) is 4.58. The Morgan fingerprint density at radius 2 is 1.18 bits per heavy atom. The summed E-state index contributed by atoms with van der Waals surface area (Å²) in [4.78, 5) is 0. The van der Waals surface area contributed by atoms with Gasteiger partial charge in [-0.1, -0.05) is 0 Å². The van der Waals surface area contributed by atoms with Crippen LogP contribution in [0.25, 0.3) is 0 Å². The molecule has 2 aromatic rings. The molecule has 1 fully saturated rings. The molecule has 2 atom stereocenters. The Kier molecular flexibility index (Phi) is 28.5. The van der Waals surface area contributed by atoms with Gasteiger partial charge in [-0.25, -0.2) is 0 Å². The Morgan fingerprint density at radius 1 is 0.727 bits per heavy atom. The van der Waals surface area contributed by atoms with Crippen molar-refractivity contribution in [1.82, 2.24) is 0 Å². The van der Waals surface area contributed by atoms with E-state index in [1.807, 2.05) is 30.3 Å². The fourth-order valence-electron chi connectivity index (χ4n) is 3.13. The van der Waals surface area contributed by atoms with Gasteiger partial charge < -0.3 is 0 Å². The van der Waals surface area contributed by atoms with E-state index in [4.69, 9.17) is 28.0 Å². The van der Waals surface area contributed by atoms with Crippen molar-refractivity contribution in [2.24, 2.45) is 0 Å². The molecule has 0 aromatic heterocycles. The zero-order valence-corrected chi connectivity index (χ0v) is 18.9. The first-order valence-electron chi connectivity index (χ1n) is 9.17. The van der Waals surface area contributed by atoms with E-state index in [1.165, 1.54) is 24.8 Å². The molecule has 0 saturated heterocycles. The minimum absolute atomic E-state index is 0.215. The van der Waals surface area contributed by atoms with Gasteiger partial charge in [-0.2, -0.15) is 0 Å². The van der Waals surface area contributed by atoms with E-state index in [1.54, 1.807) is 0 Å². The van der Waals surface area contributed by atoms with E-state index in [2.05, 4.69) is 91.3 Å². The van der Waals surface area contributed by atoms with Crippen LogP contribution in [0.15, 0.2) is 60.7 Å². The van der Waals surface area contributed by atoms with E-state index >= 15 is 0 Å². The summed E-state index contributed by atoms with van der Waals surface area (Å²) in [5.74, 6) is 6.72. The molecular weight excluding hydrogens is 460 g/mol. The molecule has 3 rings (SSSR count). The number of hydrogen-bond donors (Lipinski definition) is 0. The molecule has 0 amide bonds. The molecule has 166 valence electrons. The van der Waals surface area contributed by atoms with Gasteiger partial charge >= 0.3 is 203 Å². The molecule has 6 nitrogen and oxygen atoms in total. The van der Waals surface area contributed by atoms with Crippen LogP contribution >= 0.6 is 0 Å². The van der Waals surface area contributed by atoms with E-state index in [9.17, 15) is 0 Å². The summed E-state index contributed by atoms with van der Waals surface area (Å²) in [5.41, 5.74) is 2.38. The molecule has 1 aliphatic rings. The van der Waals surface area contributed by atoms with Crippen LogP contribution in [0.3, 0.4) is 0 Å². The fraction of sp³-hybridized carbons (Fsp3) is 0.231. The van der Waals surface area contributed by atoms with Gasteiger partial charge in [-0.3, -0.25) is 0 Å². The molecule has 0 N–H and O–H groups in total. The van der Waals surface area contributed by atoms with E-state index in [0.29, 0.717) is 10.5 Å². The van der Waals surface area contributed by atoms with Crippen molar-refractivity contribution in [3.05, 3.63) is 105 Å². The summed E-state index contributed by atoms with van der Waals surface area (Å²) >= 11 is 2.99. The summed E-state index contributed by atoms with van der Waals surface area (Å²) < 4.78 is 44.4. The first kappa shape index (κ1) is 34.7. The van der Waals surface area contributed by atoms with Gasteiger partial charge in [-0.05, 0) is 0 Å². The van der Waals surface area contributed by atoms with Gasteiger partial charge in [0.15, 0.2) is 0 Å². The summed E-state index contributed by atoms with van der Waals surface area (Å²) in [5, 5.41) is 0. The quantitative estimate of drug-likeness (QED) is 0.365. The standard InChI is InChI=1S/C21H20O.5CO.Cr/c1-3-10-18(11-4-1)12-9-17-22-21-16-8-7-15-20(21)19-13-5-2-6-14-19;5*1-2;/h1-6,10-11,13-14,20-21H,7-8,15-16H2;;;;;;/t20-,21+;;;;;;/m0....../s1. The van der Waals surface area contributed by atoms with E-state index in [0.717, 1.165) is 12.0 Å². The Hall–Kier alpha value is -2.94. The van der Waals surface area contributed by atoms with Gasteiger partial charge in [-0.15, -0.1) is 0 Å². The van der Waals surface area contributed by atoms with E-state index in [-0.39, 0.29) is 6.10 Å². The van der Waals surface area contributed by atoms with Crippen LogP contribution in [0.5, 0.6) is 0 Å². The predicted molar refractivity (Wildman–Crippen MR) is 110 cm³/mol.